The average molecular weight is 288 g/mol. The van der Waals surface area contributed by atoms with Crippen molar-refractivity contribution in [1.82, 2.24) is 0 Å². The molecular weight excluding hydrogens is 271 g/mol. The van der Waals surface area contributed by atoms with Gasteiger partial charge in [0.1, 0.15) is 11.6 Å². The van der Waals surface area contributed by atoms with E-state index in [0.29, 0.717) is 11.4 Å². The SMILES string of the molecule is COc1ccc(C(=O)Nc2cccc(N(C)C)c2)c(F)c1. The van der Waals surface area contributed by atoms with Crippen LogP contribution in [0.3, 0.4) is 0 Å². The first kappa shape index (κ1) is 14.8. The van der Waals surface area contributed by atoms with E-state index in [9.17, 15) is 9.18 Å². The van der Waals surface area contributed by atoms with Gasteiger partial charge in [0.05, 0.1) is 12.7 Å². The minimum absolute atomic E-state index is 0.0222. The van der Waals surface area contributed by atoms with Gasteiger partial charge < -0.3 is 15.0 Å². The summed E-state index contributed by atoms with van der Waals surface area (Å²) >= 11 is 0. The fourth-order valence-corrected chi connectivity index (χ4v) is 1.87. The van der Waals surface area contributed by atoms with Crippen molar-refractivity contribution in [3.63, 3.8) is 0 Å². The first-order chi connectivity index (χ1) is 10.0. The van der Waals surface area contributed by atoms with Crippen LogP contribution >= 0.6 is 0 Å². The van der Waals surface area contributed by atoms with Crippen molar-refractivity contribution in [2.24, 2.45) is 0 Å². The van der Waals surface area contributed by atoms with Gasteiger partial charge >= 0.3 is 0 Å². The number of nitrogens with one attached hydrogen (secondary N) is 1. The third kappa shape index (κ3) is 3.51. The zero-order valence-corrected chi connectivity index (χ0v) is 12.2. The van der Waals surface area contributed by atoms with Crippen LogP contribution in [-0.2, 0) is 0 Å². The van der Waals surface area contributed by atoms with E-state index >= 15 is 0 Å². The van der Waals surface area contributed by atoms with Crippen LogP contribution in [0.15, 0.2) is 42.5 Å². The van der Waals surface area contributed by atoms with Crippen molar-refractivity contribution in [2.45, 2.75) is 0 Å². The smallest absolute Gasteiger partial charge is 0.258 e. The molecule has 0 aliphatic rings. The topological polar surface area (TPSA) is 41.6 Å². The van der Waals surface area contributed by atoms with Crippen LogP contribution in [0.2, 0.25) is 0 Å². The monoisotopic (exact) mass is 288 g/mol. The summed E-state index contributed by atoms with van der Waals surface area (Å²) < 4.78 is 18.8. The predicted octanol–water partition coefficient (Wildman–Crippen LogP) is 3.15. The van der Waals surface area contributed by atoms with Crippen molar-refractivity contribution in [3.8, 4) is 5.75 Å². The van der Waals surface area contributed by atoms with Gasteiger partial charge in [0, 0.05) is 31.5 Å². The molecule has 0 saturated heterocycles. The molecule has 0 aliphatic carbocycles. The Morgan fingerprint density at radius 1 is 1.19 bits per heavy atom. The molecule has 0 spiro atoms. The molecular formula is C16H17FN2O2. The maximum Gasteiger partial charge on any atom is 0.258 e. The zero-order chi connectivity index (χ0) is 15.4. The molecule has 1 N–H and O–H groups in total. The van der Waals surface area contributed by atoms with E-state index in [1.165, 1.54) is 19.2 Å². The average Bonchev–Trinajstić information content (AvgIpc) is 2.47. The maximum absolute atomic E-state index is 13.8. The van der Waals surface area contributed by atoms with Gasteiger partial charge in [-0.05, 0) is 30.3 Å². The summed E-state index contributed by atoms with van der Waals surface area (Å²) in [5, 5.41) is 2.69. The highest BCUT2D eigenvalue weighted by atomic mass is 19.1. The third-order valence-corrected chi connectivity index (χ3v) is 3.04. The van der Waals surface area contributed by atoms with E-state index in [1.54, 1.807) is 12.1 Å². The minimum atomic E-state index is -0.615. The summed E-state index contributed by atoms with van der Waals surface area (Å²) in [6.45, 7) is 0. The number of amides is 1. The molecule has 21 heavy (non-hydrogen) atoms. The molecule has 110 valence electrons. The van der Waals surface area contributed by atoms with E-state index in [4.69, 9.17) is 4.74 Å². The lowest BCUT2D eigenvalue weighted by Gasteiger charge is -2.14. The van der Waals surface area contributed by atoms with Crippen LogP contribution in [0.1, 0.15) is 10.4 Å². The van der Waals surface area contributed by atoms with Crippen LogP contribution in [0, 0.1) is 5.82 Å². The van der Waals surface area contributed by atoms with Crippen LogP contribution in [0.5, 0.6) is 5.75 Å². The largest absolute Gasteiger partial charge is 0.497 e. The molecule has 0 heterocycles. The number of benzene rings is 2. The summed E-state index contributed by atoms with van der Waals surface area (Å²) in [4.78, 5) is 14.0. The molecule has 0 fully saturated rings. The van der Waals surface area contributed by atoms with E-state index in [0.717, 1.165) is 5.69 Å². The molecule has 0 atom stereocenters. The number of ether oxygens (including phenoxy) is 1. The molecule has 1 amide bonds. The minimum Gasteiger partial charge on any atom is -0.497 e. The molecule has 0 aromatic heterocycles. The molecule has 2 rings (SSSR count). The Hall–Kier alpha value is -2.56. The second-order valence-electron chi connectivity index (χ2n) is 4.74. The quantitative estimate of drug-likeness (QED) is 0.939. The van der Waals surface area contributed by atoms with Crippen LogP contribution in [-0.4, -0.2) is 27.1 Å². The molecule has 2 aromatic rings. The summed E-state index contributed by atoms with van der Waals surface area (Å²) in [5.41, 5.74) is 1.54. The van der Waals surface area contributed by atoms with E-state index in [-0.39, 0.29) is 5.56 Å². The Labute approximate surface area is 123 Å². The van der Waals surface area contributed by atoms with Crippen molar-refractivity contribution >= 4 is 17.3 Å². The molecule has 4 nitrogen and oxygen atoms in total. The Kier molecular flexibility index (Phi) is 4.42. The first-order valence-corrected chi connectivity index (χ1v) is 6.43. The van der Waals surface area contributed by atoms with Gasteiger partial charge in [0.25, 0.3) is 5.91 Å². The zero-order valence-electron chi connectivity index (χ0n) is 12.2. The second-order valence-corrected chi connectivity index (χ2v) is 4.74. The summed E-state index contributed by atoms with van der Waals surface area (Å²) in [6, 6.07) is 11.5. The van der Waals surface area contributed by atoms with Crippen molar-refractivity contribution < 1.29 is 13.9 Å². The fraction of sp³-hybridized carbons (Fsp3) is 0.188. The highest BCUT2D eigenvalue weighted by molar-refractivity contribution is 6.04. The number of hydrogen-bond acceptors (Lipinski definition) is 3. The number of rotatable bonds is 4. The standard InChI is InChI=1S/C16H17FN2O2/c1-19(2)12-6-4-5-11(9-12)18-16(20)14-8-7-13(21-3)10-15(14)17/h4-10H,1-3H3,(H,18,20). The van der Waals surface area contributed by atoms with Crippen molar-refractivity contribution in [2.75, 3.05) is 31.4 Å². The lowest BCUT2D eigenvalue weighted by atomic mass is 10.1. The summed E-state index contributed by atoms with van der Waals surface area (Å²) in [6.07, 6.45) is 0. The van der Waals surface area contributed by atoms with Crippen LogP contribution in [0.25, 0.3) is 0 Å². The number of carbonyl (C=O) groups is 1. The molecule has 0 aliphatic heterocycles. The molecule has 0 radical (unpaired) electrons. The van der Waals surface area contributed by atoms with Gasteiger partial charge in [-0.2, -0.15) is 0 Å². The van der Waals surface area contributed by atoms with Gasteiger partial charge in [0.2, 0.25) is 0 Å². The molecule has 0 bridgehead atoms. The number of nitrogens with zero attached hydrogens (tertiary/aromatic N) is 1. The molecule has 2 aromatic carbocycles. The van der Waals surface area contributed by atoms with Crippen LogP contribution < -0.4 is 15.0 Å². The van der Waals surface area contributed by atoms with Gasteiger partial charge in [-0.15, -0.1) is 0 Å². The third-order valence-electron chi connectivity index (χ3n) is 3.04. The Bertz CT molecular complexity index is 656. The summed E-state index contributed by atoms with van der Waals surface area (Å²) in [5.74, 6) is -0.736. The number of methoxy groups -OCH3 is 1. The maximum atomic E-state index is 13.8. The van der Waals surface area contributed by atoms with Crippen molar-refractivity contribution in [1.29, 1.82) is 0 Å². The lowest BCUT2D eigenvalue weighted by Crippen LogP contribution is -2.14. The van der Waals surface area contributed by atoms with Gasteiger partial charge in [-0.1, -0.05) is 6.07 Å². The van der Waals surface area contributed by atoms with E-state index in [1.807, 2.05) is 37.2 Å². The summed E-state index contributed by atoms with van der Waals surface area (Å²) in [7, 11) is 5.26. The molecule has 0 unspecified atom stereocenters. The van der Waals surface area contributed by atoms with Gasteiger partial charge in [-0.25, -0.2) is 4.39 Å². The van der Waals surface area contributed by atoms with Crippen molar-refractivity contribution in [3.05, 3.63) is 53.8 Å². The fourth-order valence-electron chi connectivity index (χ4n) is 1.87. The Balaban J connectivity index is 2.20. The highest BCUT2D eigenvalue weighted by Gasteiger charge is 2.13. The molecule has 5 heteroatoms. The Morgan fingerprint density at radius 2 is 1.95 bits per heavy atom. The second kappa shape index (κ2) is 6.26. The number of anilines is 2. The normalized spacial score (nSPS) is 10.1. The predicted molar refractivity (Wildman–Crippen MR) is 81.7 cm³/mol. The van der Waals surface area contributed by atoms with Crippen LogP contribution in [0.4, 0.5) is 15.8 Å². The number of halogens is 1. The highest BCUT2D eigenvalue weighted by Crippen LogP contribution is 2.20. The van der Waals surface area contributed by atoms with Gasteiger partial charge in [-0.3, -0.25) is 4.79 Å². The van der Waals surface area contributed by atoms with Gasteiger partial charge in [0.15, 0.2) is 0 Å². The molecule has 0 saturated carbocycles. The van der Waals surface area contributed by atoms with E-state index in [2.05, 4.69) is 5.32 Å². The first-order valence-electron chi connectivity index (χ1n) is 6.43. The van der Waals surface area contributed by atoms with E-state index < -0.39 is 11.7 Å². The lowest BCUT2D eigenvalue weighted by molar-refractivity contribution is 0.102. The number of carbonyl (C=O) groups excluding carboxylic acids is 1. The number of hydrogen-bond donors (Lipinski definition) is 1. The Morgan fingerprint density at radius 3 is 2.57 bits per heavy atom.